The average molecular weight is 649 g/mol. The highest BCUT2D eigenvalue weighted by Gasteiger charge is 2.62. The van der Waals surface area contributed by atoms with Gasteiger partial charge in [0, 0.05) is 0 Å². The van der Waals surface area contributed by atoms with E-state index in [1.54, 1.807) is 38.1 Å². The molecule has 234 valence electrons. The van der Waals surface area contributed by atoms with Gasteiger partial charge in [-0.25, -0.2) is 27.4 Å². The predicted molar refractivity (Wildman–Crippen MR) is 151 cm³/mol. The number of aromatic nitrogens is 2. The number of carbonyl (C=O) groups is 1. The third kappa shape index (κ3) is 7.00. The van der Waals surface area contributed by atoms with Gasteiger partial charge >= 0.3 is 18.3 Å². The number of benzene rings is 2. The van der Waals surface area contributed by atoms with Crippen LogP contribution in [0.15, 0.2) is 53.5 Å². The van der Waals surface area contributed by atoms with E-state index in [-0.39, 0.29) is 10.3 Å². The van der Waals surface area contributed by atoms with E-state index in [9.17, 15) is 27.9 Å². The van der Waals surface area contributed by atoms with Crippen LogP contribution >= 0.6 is 6.64 Å². The van der Waals surface area contributed by atoms with Crippen molar-refractivity contribution >= 4 is 41.0 Å². The molecule has 4 N–H and O–H groups in total. The number of fused-ring (bicyclic) bond motifs is 1. The van der Waals surface area contributed by atoms with E-state index in [0.717, 1.165) is 10.8 Å². The zero-order valence-electron chi connectivity index (χ0n) is 23.0. The molecule has 0 radical (unpaired) electrons. The highest BCUT2D eigenvalue weighted by atomic mass is 32.5. The molecule has 11 nitrogen and oxygen atoms in total. The van der Waals surface area contributed by atoms with Crippen LogP contribution in [-0.2, 0) is 30.6 Å². The first-order chi connectivity index (χ1) is 20.2. The lowest BCUT2D eigenvalue weighted by Crippen LogP contribution is -2.52. The summed E-state index contributed by atoms with van der Waals surface area (Å²) in [5.41, 5.74) is 0.823. The summed E-state index contributed by atoms with van der Waals surface area (Å²) in [6, 6.07) is 10.9. The Hall–Kier alpha value is -3.14. The number of nitrogens with two attached hydrogens (primary N) is 1. The Morgan fingerprint density at radius 2 is 1.93 bits per heavy atom. The molecule has 1 aliphatic heterocycles. The standard InChI is InChI=1S/C26H29F4N4O7PS/c1-13(2)39-23(36)14(3)33-42(43,41-17-9-8-15-6-4-5-7-16(15)10-17)38-12-26(24(29)30)20(35)19(28)22(40-26)34-11-18(27)21(31)32-25(34)37/h4-11,13-14,19-20,22,24,35H,12H2,1-3H3,(H,33,43)(H2,31,32,37). The molecule has 0 amide bonds. The lowest BCUT2D eigenvalue weighted by atomic mass is 9.97. The van der Waals surface area contributed by atoms with E-state index >= 15 is 4.39 Å². The second kappa shape index (κ2) is 12.8. The Bertz CT molecular complexity index is 1600. The molecule has 0 aliphatic carbocycles. The number of ether oxygens (including phenoxy) is 2. The summed E-state index contributed by atoms with van der Waals surface area (Å²) in [5, 5.41) is 14.9. The molecule has 2 aromatic carbocycles. The van der Waals surface area contributed by atoms with Crippen LogP contribution in [0.3, 0.4) is 0 Å². The van der Waals surface area contributed by atoms with Crippen molar-refractivity contribution in [3.05, 3.63) is 65.0 Å². The fourth-order valence-electron chi connectivity index (χ4n) is 4.26. The SMILES string of the molecule is CC(C)OC(=O)C(C)NP(=S)(OCC1(C(F)F)OC(n2cc(F)c(N)nc2=O)C(F)C1O)Oc1ccc2ccccc2c1. The fourth-order valence-corrected chi connectivity index (χ4v) is 6.67. The average Bonchev–Trinajstić information content (AvgIpc) is 3.19. The quantitative estimate of drug-likeness (QED) is 0.159. The number of halogens is 4. The van der Waals surface area contributed by atoms with Crippen molar-refractivity contribution in [1.82, 2.24) is 14.6 Å². The minimum Gasteiger partial charge on any atom is -0.462 e. The van der Waals surface area contributed by atoms with E-state index in [1.807, 2.05) is 12.1 Å². The molecule has 0 spiro atoms. The maximum atomic E-state index is 15.3. The topological polar surface area (TPSA) is 147 Å². The molecular formula is C26H29F4N4O7PS. The van der Waals surface area contributed by atoms with Crippen LogP contribution in [0, 0.1) is 5.82 Å². The molecule has 1 saturated heterocycles. The molecular weight excluding hydrogens is 619 g/mol. The van der Waals surface area contributed by atoms with Crippen molar-refractivity contribution in [2.24, 2.45) is 0 Å². The van der Waals surface area contributed by atoms with Crippen LogP contribution < -0.4 is 21.0 Å². The molecule has 17 heteroatoms. The molecule has 43 heavy (non-hydrogen) atoms. The molecule has 2 heterocycles. The smallest absolute Gasteiger partial charge is 0.351 e. The maximum absolute atomic E-state index is 15.3. The molecule has 1 aliphatic rings. The van der Waals surface area contributed by atoms with Gasteiger partial charge in [-0.05, 0) is 55.5 Å². The zero-order chi connectivity index (χ0) is 31.7. The van der Waals surface area contributed by atoms with Crippen LogP contribution in [-0.4, -0.2) is 63.7 Å². The van der Waals surface area contributed by atoms with E-state index in [1.165, 1.54) is 13.0 Å². The van der Waals surface area contributed by atoms with Crippen LogP contribution in [0.2, 0.25) is 0 Å². The number of carbonyl (C=O) groups excluding carboxylic acids is 1. The zero-order valence-corrected chi connectivity index (χ0v) is 24.7. The third-order valence-corrected chi connectivity index (χ3v) is 8.94. The lowest BCUT2D eigenvalue weighted by molar-refractivity contribution is -0.192. The summed E-state index contributed by atoms with van der Waals surface area (Å²) >= 11 is 5.57. The first-order valence-corrected chi connectivity index (χ1v) is 15.5. The van der Waals surface area contributed by atoms with Gasteiger partial charge in [0.05, 0.1) is 18.9 Å². The number of nitrogens with zero attached hydrogens (tertiary/aromatic N) is 2. The predicted octanol–water partition coefficient (Wildman–Crippen LogP) is 3.60. The van der Waals surface area contributed by atoms with Crippen molar-refractivity contribution in [3.63, 3.8) is 0 Å². The number of rotatable bonds is 11. The number of nitrogen functional groups attached to an aromatic ring is 1. The lowest BCUT2D eigenvalue weighted by Gasteiger charge is -2.34. The number of hydrogen-bond donors (Lipinski definition) is 3. The Morgan fingerprint density at radius 3 is 2.58 bits per heavy atom. The third-order valence-electron chi connectivity index (χ3n) is 6.46. The normalized spacial score (nSPS) is 24.3. The Kier molecular flexibility index (Phi) is 9.79. The van der Waals surface area contributed by atoms with Gasteiger partial charge in [-0.1, -0.05) is 30.3 Å². The Labute approximate surface area is 248 Å². The number of aliphatic hydroxyl groups is 1. The highest BCUT2D eigenvalue weighted by molar-refractivity contribution is 8.09. The van der Waals surface area contributed by atoms with Crippen LogP contribution in [0.1, 0.15) is 27.0 Å². The second-order valence-electron chi connectivity index (χ2n) is 10.0. The van der Waals surface area contributed by atoms with E-state index in [2.05, 4.69) is 10.1 Å². The van der Waals surface area contributed by atoms with Gasteiger partial charge in [-0.15, -0.1) is 0 Å². The molecule has 1 aromatic heterocycles. The van der Waals surface area contributed by atoms with Crippen LogP contribution in [0.4, 0.5) is 23.4 Å². The summed E-state index contributed by atoms with van der Waals surface area (Å²) in [7, 11) is 0. The molecule has 0 bridgehead atoms. The molecule has 1 fully saturated rings. The minimum absolute atomic E-state index is 0.147. The number of aliphatic hydroxyl groups excluding tert-OH is 1. The van der Waals surface area contributed by atoms with Gasteiger partial charge < -0.3 is 29.4 Å². The van der Waals surface area contributed by atoms with E-state index in [4.69, 9.17) is 36.1 Å². The van der Waals surface area contributed by atoms with Crippen molar-refractivity contribution in [1.29, 1.82) is 0 Å². The molecule has 6 atom stereocenters. The van der Waals surface area contributed by atoms with Crippen molar-refractivity contribution < 1.29 is 46.0 Å². The number of esters is 1. The number of hydrogen-bond acceptors (Lipinski definition) is 10. The van der Waals surface area contributed by atoms with Gasteiger partial charge in [0.1, 0.15) is 17.9 Å². The van der Waals surface area contributed by atoms with Gasteiger partial charge in [0.15, 0.2) is 29.6 Å². The second-order valence-corrected chi connectivity index (χ2v) is 13.2. The van der Waals surface area contributed by atoms with Gasteiger partial charge in [0.2, 0.25) is 0 Å². The maximum Gasteiger partial charge on any atom is 0.351 e. The molecule has 3 aromatic rings. The Morgan fingerprint density at radius 1 is 1.26 bits per heavy atom. The minimum atomic E-state index is -3.99. The van der Waals surface area contributed by atoms with E-state index < -0.39 is 79.2 Å². The molecule has 0 saturated carbocycles. The number of alkyl halides is 3. The largest absolute Gasteiger partial charge is 0.462 e. The summed E-state index contributed by atoms with van der Waals surface area (Å²) in [6.07, 6.45) is -11.1. The van der Waals surface area contributed by atoms with Gasteiger partial charge in [-0.3, -0.25) is 9.36 Å². The first-order valence-electron chi connectivity index (χ1n) is 12.9. The van der Waals surface area contributed by atoms with Gasteiger partial charge in [-0.2, -0.15) is 4.98 Å². The summed E-state index contributed by atoms with van der Waals surface area (Å²) in [4.78, 5) is 28.0. The van der Waals surface area contributed by atoms with Crippen molar-refractivity contribution in [2.75, 3.05) is 12.3 Å². The molecule has 4 rings (SSSR count). The number of anilines is 1. The summed E-state index contributed by atoms with van der Waals surface area (Å²) in [6.45, 7) is -0.649. The monoisotopic (exact) mass is 648 g/mol. The summed E-state index contributed by atoms with van der Waals surface area (Å²) < 4.78 is 80.7. The van der Waals surface area contributed by atoms with Crippen molar-refractivity contribution in [3.8, 4) is 5.75 Å². The fraction of sp³-hybridized carbons (Fsp3) is 0.423. The highest BCUT2D eigenvalue weighted by Crippen LogP contribution is 2.50. The van der Waals surface area contributed by atoms with Gasteiger partial charge in [0.25, 0.3) is 6.43 Å². The summed E-state index contributed by atoms with van der Waals surface area (Å²) in [5.74, 6) is -2.66. The van der Waals surface area contributed by atoms with E-state index in [0.29, 0.717) is 6.20 Å². The van der Waals surface area contributed by atoms with Crippen molar-refractivity contribution in [2.45, 2.75) is 63.4 Å². The van der Waals surface area contributed by atoms with Crippen LogP contribution in [0.5, 0.6) is 5.75 Å². The Balaban J connectivity index is 1.66. The number of nitrogens with one attached hydrogen (secondary N) is 1. The van der Waals surface area contributed by atoms with Crippen LogP contribution in [0.25, 0.3) is 10.8 Å². The molecule has 6 unspecified atom stereocenters. The first kappa shape index (κ1) is 32.8.